The number of hydrogen-bond acceptors (Lipinski definition) is 18. The van der Waals surface area contributed by atoms with Crippen molar-refractivity contribution in [2.24, 2.45) is 23.7 Å². The fourth-order valence-corrected chi connectivity index (χ4v) is 10.8. The molecule has 20 heteroatoms. The van der Waals surface area contributed by atoms with Crippen molar-refractivity contribution in [3.05, 3.63) is 105 Å². The molecule has 0 radical (unpaired) electrons. The maximum Gasteiger partial charge on any atom is 0.342 e. The van der Waals surface area contributed by atoms with E-state index in [2.05, 4.69) is 41.1 Å². The summed E-state index contributed by atoms with van der Waals surface area (Å²) in [5.74, 6) is -3.95. The van der Waals surface area contributed by atoms with Gasteiger partial charge in [0.05, 0.1) is 47.4 Å². The zero-order valence-electron chi connectivity index (χ0n) is 43.5. The number of allylic oxidation sites excluding steroid dienone is 2. The Morgan fingerprint density at radius 3 is 2.61 bits per heavy atom. The summed E-state index contributed by atoms with van der Waals surface area (Å²) >= 11 is 0. The molecule has 1 aromatic carbocycles. The molecule has 3 fully saturated rings. The minimum Gasteiger partial charge on any atom is -0.462 e. The van der Waals surface area contributed by atoms with Crippen LogP contribution in [0.25, 0.3) is 11.3 Å². The van der Waals surface area contributed by atoms with E-state index in [-0.39, 0.29) is 66.0 Å². The van der Waals surface area contributed by atoms with Crippen LogP contribution in [0.4, 0.5) is 5.69 Å². The molecule has 2 bridgehead atoms. The van der Waals surface area contributed by atoms with Crippen LogP contribution in [0, 0.1) is 40.7 Å². The van der Waals surface area contributed by atoms with Gasteiger partial charge in [-0.1, -0.05) is 81.8 Å². The predicted molar refractivity (Wildman–Crippen MR) is 266 cm³/mol. The van der Waals surface area contributed by atoms with E-state index in [9.17, 15) is 34.7 Å². The molecule has 398 valence electrons. The number of carbonyl (C=O) groups excluding carboxylic acids is 3. The van der Waals surface area contributed by atoms with E-state index in [1.54, 1.807) is 52.0 Å². The standard InChI is InChI=1S/C54H68N6O14/c1-10-30(4)48-33(7)19-20-53(74-48)24-41-23-40(73-53)18-17-32(6)47(31(5)13-11-15-37-27-68-49-46(62)34(8)21-42(50(63)71-41)54(37,49)65)72-43(61)26-59-25-38(57-58-59)28-69-52-55-35(9)44(51(64)70-29(2)3)45(56-52)36-14-12-16-39(22-36)60(66)67/h11-17,21-22,25,29-31,33,40-42,46-49,62,65H,10,18-20,23-24,26-28H2,1-9H3/b13-11+,32-17+,37-15+/t30-,31-,33-,40+,41-,42-,46+,47-,48+,49+,53+,54+/m0/s1. The summed E-state index contributed by atoms with van der Waals surface area (Å²) in [7, 11) is 0. The van der Waals surface area contributed by atoms with Gasteiger partial charge in [0.2, 0.25) is 0 Å². The van der Waals surface area contributed by atoms with E-state index in [1.165, 1.54) is 29.1 Å². The van der Waals surface area contributed by atoms with E-state index in [4.69, 9.17) is 33.2 Å². The Hall–Kier alpha value is -6.19. The third-order valence-electron chi connectivity index (χ3n) is 14.9. The Balaban J connectivity index is 1.03. The molecular formula is C54H68N6O14. The lowest BCUT2D eigenvalue weighted by atomic mass is 9.71. The highest BCUT2D eigenvalue weighted by molar-refractivity contribution is 5.97. The van der Waals surface area contributed by atoms with Gasteiger partial charge in [-0.05, 0) is 76.0 Å². The van der Waals surface area contributed by atoms with Crippen molar-refractivity contribution in [1.29, 1.82) is 0 Å². The third kappa shape index (κ3) is 11.5. The molecule has 6 heterocycles. The molecule has 20 nitrogen and oxygen atoms in total. The van der Waals surface area contributed by atoms with E-state index in [0.717, 1.165) is 18.4 Å². The van der Waals surface area contributed by atoms with Crippen molar-refractivity contribution < 1.29 is 62.7 Å². The number of esters is 3. The first-order chi connectivity index (χ1) is 35.2. The topological polar surface area (TPSA) is 256 Å². The fraction of sp³-hybridized carbons (Fsp3) is 0.574. The van der Waals surface area contributed by atoms with Crippen LogP contribution in [-0.2, 0) is 51.2 Å². The average molecular weight is 1030 g/mol. The van der Waals surface area contributed by atoms with Gasteiger partial charge in [-0.25, -0.2) is 9.48 Å². The number of benzene rings is 1. The van der Waals surface area contributed by atoms with Gasteiger partial charge in [0.25, 0.3) is 5.69 Å². The maximum atomic E-state index is 14.4. The van der Waals surface area contributed by atoms with Gasteiger partial charge in [0.1, 0.15) is 60.3 Å². The number of non-ortho nitro benzene ring substituents is 1. The number of aliphatic hydroxyl groups is 2. The minimum absolute atomic E-state index is 0.0305. The molecule has 3 saturated heterocycles. The summed E-state index contributed by atoms with van der Waals surface area (Å²) in [6.07, 6.45) is 9.17. The van der Waals surface area contributed by atoms with Crippen LogP contribution in [0.15, 0.2) is 77.6 Å². The van der Waals surface area contributed by atoms with Crippen LogP contribution in [0.3, 0.4) is 0 Å². The number of hydrogen-bond donors (Lipinski definition) is 2. The number of ether oxygens (including phenoxy) is 7. The molecule has 0 amide bonds. The van der Waals surface area contributed by atoms with Gasteiger partial charge in [-0.3, -0.25) is 19.7 Å². The number of nitro benzene ring substituents is 1. The molecule has 2 aromatic heterocycles. The molecule has 2 N–H and O–H groups in total. The van der Waals surface area contributed by atoms with Gasteiger partial charge in [0, 0.05) is 42.9 Å². The Morgan fingerprint density at radius 2 is 1.86 bits per heavy atom. The second-order valence-electron chi connectivity index (χ2n) is 20.8. The lowest BCUT2D eigenvalue weighted by Crippen LogP contribution is -2.58. The number of nitrogens with zero attached hydrogens (tertiary/aromatic N) is 6. The summed E-state index contributed by atoms with van der Waals surface area (Å²) < 4.78 is 45.2. The fourth-order valence-electron chi connectivity index (χ4n) is 10.8. The maximum absolute atomic E-state index is 14.4. The third-order valence-corrected chi connectivity index (χ3v) is 14.9. The van der Waals surface area contributed by atoms with Gasteiger partial charge in [-0.2, -0.15) is 9.97 Å². The van der Waals surface area contributed by atoms with Crippen molar-refractivity contribution in [3.8, 4) is 17.3 Å². The minimum atomic E-state index is -1.90. The Labute approximate surface area is 430 Å². The Morgan fingerprint density at radius 1 is 1.08 bits per heavy atom. The lowest BCUT2D eigenvalue weighted by Gasteiger charge is -2.51. The summed E-state index contributed by atoms with van der Waals surface area (Å²) in [6, 6.07) is 5.54. The number of aromatic nitrogens is 5. The van der Waals surface area contributed by atoms with Crippen LogP contribution in [0.5, 0.6) is 6.01 Å². The number of aliphatic hydroxyl groups excluding tert-OH is 1. The lowest BCUT2D eigenvalue weighted by molar-refractivity contribution is -0.384. The molecule has 3 aromatic rings. The van der Waals surface area contributed by atoms with Crippen LogP contribution in [0.2, 0.25) is 0 Å². The second-order valence-corrected chi connectivity index (χ2v) is 20.8. The number of fused-ring (bicyclic) bond motifs is 2. The van der Waals surface area contributed by atoms with E-state index < -0.39 is 82.7 Å². The highest BCUT2D eigenvalue weighted by Crippen LogP contribution is 2.48. The average Bonchev–Trinajstić information content (AvgIpc) is 3.95. The number of rotatable bonds is 12. The van der Waals surface area contributed by atoms with Crippen molar-refractivity contribution in [1.82, 2.24) is 25.0 Å². The molecule has 12 atom stereocenters. The normalized spacial score (nSPS) is 32.5. The molecule has 5 aliphatic rings. The first-order valence-electron chi connectivity index (χ1n) is 25.5. The molecular weight excluding hydrogens is 957 g/mol. The molecule has 4 aliphatic heterocycles. The summed E-state index contributed by atoms with van der Waals surface area (Å²) in [5.41, 5.74) is 0.458. The largest absolute Gasteiger partial charge is 0.462 e. The Kier molecular flexibility index (Phi) is 16.3. The van der Waals surface area contributed by atoms with Crippen molar-refractivity contribution in [2.45, 2.75) is 168 Å². The van der Waals surface area contributed by atoms with Crippen molar-refractivity contribution in [3.63, 3.8) is 0 Å². The summed E-state index contributed by atoms with van der Waals surface area (Å²) in [5, 5.41) is 43.6. The molecule has 1 aliphatic carbocycles. The van der Waals surface area contributed by atoms with Crippen molar-refractivity contribution in [2.75, 3.05) is 6.61 Å². The van der Waals surface area contributed by atoms with Crippen LogP contribution in [0.1, 0.15) is 116 Å². The van der Waals surface area contributed by atoms with Crippen LogP contribution < -0.4 is 4.74 Å². The number of aryl methyl sites for hydroxylation is 1. The van der Waals surface area contributed by atoms with E-state index >= 15 is 0 Å². The molecule has 74 heavy (non-hydrogen) atoms. The number of carbonyl (C=O) groups is 3. The van der Waals surface area contributed by atoms with Crippen LogP contribution >= 0.6 is 0 Å². The van der Waals surface area contributed by atoms with E-state index in [0.29, 0.717) is 48.4 Å². The molecule has 0 unspecified atom stereocenters. The van der Waals surface area contributed by atoms with Gasteiger partial charge in [0.15, 0.2) is 5.79 Å². The number of nitro groups is 1. The van der Waals surface area contributed by atoms with E-state index in [1.807, 2.05) is 26.0 Å². The van der Waals surface area contributed by atoms with Gasteiger partial charge in [-0.15, -0.1) is 5.10 Å². The first kappa shape index (κ1) is 54.1. The Bertz CT molecular complexity index is 2730. The molecule has 0 saturated carbocycles. The quantitative estimate of drug-likeness (QED) is 0.0598. The van der Waals surface area contributed by atoms with Gasteiger partial charge >= 0.3 is 23.9 Å². The van der Waals surface area contributed by atoms with Crippen molar-refractivity contribution >= 4 is 23.6 Å². The highest BCUT2D eigenvalue weighted by atomic mass is 16.7. The zero-order valence-corrected chi connectivity index (χ0v) is 43.5. The zero-order chi connectivity index (χ0) is 53.2. The molecule has 1 spiro atoms. The second kappa shape index (κ2) is 22.3. The smallest absolute Gasteiger partial charge is 0.342 e. The first-order valence-corrected chi connectivity index (χ1v) is 25.5. The monoisotopic (exact) mass is 1020 g/mol. The van der Waals surface area contributed by atoms with Gasteiger partial charge < -0.3 is 43.4 Å². The molecule has 8 rings (SSSR count). The predicted octanol–water partition coefficient (Wildman–Crippen LogP) is 7.19. The SMILES string of the molecule is CC[C@H](C)[C@H]1O[C@]2(CC[C@@H]1C)C[C@@H]1C[C@@H](C/C=C(\C)[C@@H](OC(=O)Cn3cc(COc4nc(C)c(C(=O)OC(C)C)c(-c5cccc([N+](=O)[O-])c5)n4)nn3)[C@@H](C)/C=C/C=C3\CO[C@@H]4[C@H](O)C(C)=C[C@@H](C(=O)O1)[C@]34O)O2. The van der Waals surface area contributed by atoms with Crippen LogP contribution in [-0.4, -0.2) is 119 Å². The highest BCUT2D eigenvalue weighted by Gasteiger charge is 2.60. The summed E-state index contributed by atoms with van der Waals surface area (Å²) in [6.45, 7) is 16.4. The summed E-state index contributed by atoms with van der Waals surface area (Å²) in [4.78, 5) is 61.4.